The maximum absolute atomic E-state index is 9.74. The number of rotatable bonds is 2. The van der Waals surface area contributed by atoms with Gasteiger partial charge in [-0.1, -0.05) is 0 Å². The van der Waals surface area contributed by atoms with Crippen molar-refractivity contribution in [3.63, 3.8) is 0 Å². The van der Waals surface area contributed by atoms with E-state index >= 15 is 0 Å². The Morgan fingerprint density at radius 1 is 1.00 bits per heavy atom. The van der Waals surface area contributed by atoms with Crippen LogP contribution in [0.4, 0.5) is 0 Å². The van der Waals surface area contributed by atoms with Crippen LogP contribution in [0.3, 0.4) is 0 Å². The van der Waals surface area contributed by atoms with Crippen molar-refractivity contribution in [3.05, 3.63) is 54.1 Å². The normalized spacial score (nSPS) is 11.0. The van der Waals surface area contributed by atoms with E-state index in [1.54, 1.807) is 42.5 Å². The summed E-state index contributed by atoms with van der Waals surface area (Å²) < 4.78 is 5.82. The van der Waals surface area contributed by atoms with Crippen LogP contribution in [0.5, 0.6) is 11.5 Å². The van der Waals surface area contributed by atoms with E-state index in [1.807, 2.05) is 12.1 Å². The van der Waals surface area contributed by atoms with Crippen molar-refractivity contribution in [1.29, 1.82) is 5.26 Å². The van der Waals surface area contributed by atoms with Crippen molar-refractivity contribution in [2.24, 2.45) is 0 Å². The zero-order chi connectivity index (χ0) is 14.8. The molecule has 0 radical (unpaired) electrons. The maximum atomic E-state index is 9.74. The van der Waals surface area contributed by atoms with Crippen LogP contribution in [-0.2, 0) is 0 Å². The van der Waals surface area contributed by atoms with E-state index < -0.39 is 0 Å². The number of allylic oxidation sites excluding steroid dienone is 1. The van der Waals surface area contributed by atoms with Crippen LogP contribution in [-0.4, -0.2) is 10.2 Å². The number of aromatic hydroxyl groups is 2. The number of hydrogen-bond donors (Lipinski definition) is 2. The van der Waals surface area contributed by atoms with E-state index in [-0.39, 0.29) is 11.5 Å². The molecule has 21 heavy (non-hydrogen) atoms. The number of phenols is 2. The first-order chi connectivity index (χ1) is 10.2. The molecule has 4 heteroatoms. The van der Waals surface area contributed by atoms with Crippen LogP contribution in [0.1, 0.15) is 5.56 Å². The van der Waals surface area contributed by atoms with Crippen LogP contribution in [0, 0.1) is 11.3 Å². The molecule has 0 aliphatic carbocycles. The molecule has 0 unspecified atom stereocenters. The summed E-state index contributed by atoms with van der Waals surface area (Å²) >= 11 is 0. The second-order valence-electron chi connectivity index (χ2n) is 4.57. The van der Waals surface area contributed by atoms with Crippen molar-refractivity contribution in [3.8, 4) is 28.9 Å². The highest BCUT2D eigenvalue weighted by atomic mass is 16.3. The van der Waals surface area contributed by atoms with Crippen LogP contribution >= 0.6 is 0 Å². The fourth-order valence-corrected chi connectivity index (χ4v) is 2.18. The summed E-state index contributed by atoms with van der Waals surface area (Å²) in [6.45, 7) is 0. The molecule has 3 rings (SSSR count). The minimum Gasteiger partial charge on any atom is -0.508 e. The number of benzene rings is 2. The topological polar surface area (TPSA) is 77.4 Å². The van der Waals surface area contributed by atoms with Crippen LogP contribution in [0.2, 0.25) is 0 Å². The highest BCUT2D eigenvalue weighted by Gasteiger charge is 2.10. The largest absolute Gasteiger partial charge is 0.508 e. The predicted molar refractivity (Wildman–Crippen MR) is 79.6 cm³/mol. The Morgan fingerprint density at radius 2 is 1.76 bits per heavy atom. The molecule has 3 aromatic rings. The monoisotopic (exact) mass is 277 g/mol. The average molecular weight is 277 g/mol. The first kappa shape index (κ1) is 12.8. The first-order valence-electron chi connectivity index (χ1n) is 6.29. The number of fused-ring (bicyclic) bond motifs is 1. The number of hydrogen-bond acceptors (Lipinski definition) is 4. The molecular weight excluding hydrogens is 266 g/mol. The molecule has 0 amide bonds. The van der Waals surface area contributed by atoms with Crippen molar-refractivity contribution in [1.82, 2.24) is 0 Å². The lowest BCUT2D eigenvalue weighted by Crippen LogP contribution is -1.74. The second-order valence-corrected chi connectivity index (χ2v) is 4.57. The number of phenolic OH excluding ortho intramolecular Hbond substituents is 2. The lowest BCUT2D eigenvalue weighted by Gasteiger charge is -1.98. The van der Waals surface area contributed by atoms with E-state index in [0.29, 0.717) is 16.9 Å². The van der Waals surface area contributed by atoms with Gasteiger partial charge in [0.1, 0.15) is 22.8 Å². The Morgan fingerprint density at radius 3 is 2.48 bits per heavy atom. The molecule has 2 aromatic carbocycles. The smallest absolute Gasteiger partial charge is 0.142 e. The molecule has 0 saturated heterocycles. The summed E-state index contributed by atoms with van der Waals surface area (Å²) in [7, 11) is 0. The van der Waals surface area contributed by atoms with Gasteiger partial charge in [0.25, 0.3) is 0 Å². The van der Waals surface area contributed by atoms with Gasteiger partial charge in [-0.25, -0.2) is 0 Å². The van der Waals surface area contributed by atoms with Crippen molar-refractivity contribution in [2.45, 2.75) is 0 Å². The standard InChI is InChI=1S/C17H11NO3/c18-7-1-2-12-8-15(20)9-13-10-16(21-17(12)13)11-3-5-14(19)6-4-11/h1-6,8-10,19-20H/b2-1+. The van der Waals surface area contributed by atoms with Gasteiger partial charge in [0.15, 0.2) is 0 Å². The Balaban J connectivity index is 2.17. The van der Waals surface area contributed by atoms with Gasteiger partial charge >= 0.3 is 0 Å². The number of furan rings is 1. The van der Waals surface area contributed by atoms with Gasteiger partial charge in [-0.3, -0.25) is 0 Å². The summed E-state index contributed by atoms with van der Waals surface area (Å²) in [4.78, 5) is 0. The Hall–Kier alpha value is -3.19. The summed E-state index contributed by atoms with van der Waals surface area (Å²) in [5.41, 5.74) is 2.05. The zero-order valence-corrected chi connectivity index (χ0v) is 10.9. The minimum absolute atomic E-state index is 0.109. The molecule has 0 atom stereocenters. The number of nitrogens with zero attached hydrogens (tertiary/aromatic N) is 1. The Labute approximate surface area is 120 Å². The highest BCUT2D eigenvalue weighted by Crippen LogP contribution is 2.33. The Bertz CT molecular complexity index is 867. The Kier molecular flexibility index (Phi) is 3.09. The van der Waals surface area contributed by atoms with Gasteiger partial charge in [-0.15, -0.1) is 0 Å². The molecule has 0 saturated carbocycles. The SMILES string of the molecule is N#C/C=C/c1cc(O)cc2cc(-c3ccc(O)cc3)oc12. The van der Waals surface area contributed by atoms with E-state index in [1.165, 1.54) is 6.08 Å². The molecule has 4 nitrogen and oxygen atoms in total. The van der Waals surface area contributed by atoms with Crippen molar-refractivity contribution < 1.29 is 14.6 Å². The lowest BCUT2D eigenvalue weighted by atomic mass is 10.1. The van der Waals surface area contributed by atoms with Gasteiger partial charge in [-0.05, 0) is 48.5 Å². The minimum atomic E-state index is 0.109. The molecule has 0 bridgehead atoms. The molecule has 0 spiro atoms. The molecular formula is C17H11NO3. The summed E-state index contributed by atoms with van der Waals surface area (Å²) in [5.74, 6) is 0.922. The van der Waals surface area contributed by atoms with Gasteiger partial charge in [-0.2, -0.15) is 5.26 Å². The van der Waals surface area contributed by atoms with Crippen molar-refractivity contribution >= 4 is 17.0 Å². The fourth-order valence-electron chi connectivity index (χ4n) is 2.18. The molecule has 0 aliphatic heterocycles. The molecule has 102 valence electrons. The quantitative estimate of drug-likeness (QED) is 0.693. The van der Waals surface area contributed by atoms with Gasteiger partial charge in [0.05, 0.1) is 6.07 Å². The molecule has 1 heterocycles. The molecule has 2 N–H and O–H groups in total. The first-order valence-corrected chi connectivity index (χ1v) is 6.29. The van der Waals surface area contributed by atoms with E-state index in [0.717, 1.165) is 10.9 Å². The maximum Gasteiger partial charge on any atom is 0.142 e. The summed E-state index contributed by atoms with van der Waals surface area (Å²) in [6.07, 6.45) is 2.92. The van der Waals surface area contributed by atoms with E-state index in [9.17, 15) is 10.2 Å². The molecule has 1 aromatic heterocycles. The van der Waals surface area contributed by atoms with E-state index in [4.69, 9.17) is 9.68 Å². The van der Waals surface area contributed by atoms with Crippen LogP contribution in [0.15, 0.2) is 53.0 Å². The highest BCUT2D eigenvalue weighted by molar-refractivity contribution is 5.91. The predicted octanol–water partition coefficient (Wildman–Crippen LogP) is 4.05. The molecule has 0 aliphatic rings. The number of nitriles is 1. The van der Waals surface area contributed by atoms with Crippen LogP contribution < -0.4 is 0 Å². The second kappa shape index (κ2) is 5.06. The average Bonchev–Trinajstić information content (AvgIpc) is 2.89. The third-order valence-corrected chi connectivity index (χ3v) is 3.12. The zero-order valence-electron chi connectivity index (χ0n) is 10.9. The van der Waals surface area contributed by atoms with Gasteiger partial charge < -0.3 is 14.6 Å². The van der Waals surface area contributed by atoms with Crippen molar-refractivity contribution in [2.75, 3.05) is 0 Å². The third-order valence-electron chi connectivity index (χ3n) is 3.12. The summed E-state index contributed by atoms with van der Waals surface area (Å²) in [5, 5.41) is 28.4. The molecule has 0 fully saturated rings. The summed E-state index contributed by atoms with van der Waals surface area (Å²) in [6, 6.07) is 13.5. The van der Waals surface area contributed by atoms with E-state index in [2.05, 4.69) is 0 Å². The third kappa shape index (κ3) is 2.45. The lowest BCUT2D eigenvalue weighted by molar-refractivity contribution is 0.475. The van der Waals surface area contributed by atoms with Crippen LogP contribution in [0.25, 0.3) is 28.4 Å². The van der Waals surface area contributed by atoms with Gasteiger partial charge in [0.2, 0.25) is 0 Å². The van der Waals surface area contributed by atoms with Gasteiger partial charge in [0, 0.05) is 22.6 Å². The fraction of sp³-hybridized carbons (Fsp3) is 0.